The number of aromatic nitrogens is 2. The van der Waals surface area contributed by atoms with Crippen molar-refractivity contribution in [2.24, 2.45) is 0 Å². The molecule has 21 heavy (non-hydrogen) atoms. The van der Waals surface area contributed by atoms with Gasteiger partial charge < -0.3 is 0 Å². The van der Waals surface area contributed by atoms with Crippen molar-refractivity contribution in [3.8, 4) is 11.1 Å². The van der Waals surface area contributed by atoms with Crippen molar-refractivity contribution in [1.29, 1.82) is 0 Å². The zero-order valence-electron chi connectivity index (χ0n) is 11.0. The van der Waals surface area contributed by atoms with Gasteiger partial charge in [-0.3, -0.25) is 14.6 Å². The van der Waals surface area contributed by atoms with Crippen LogP contribution in [0.3, 0.4) is 0 Å². The van der Waals surface area contributed by atoms with Gasteiger partial charge in [0.1, 0.15) is 11.4 Å². The number of nitrogens with one attached hydrogen (secondary N) is 1. The summed E-state index contributed by atoms with van der Waals surface area (Å²) in [5.41, 5.74) is 0.355. The van der Waals surface area contributed by atoms with Gasteiger partial charge in [-0.25, -0.2) is 4.39 Å². The molecule has 0 radical (unpaired) electrons. The molecule has 3 nitrogen and oxygen atoms in total. The van der Waals surface area contributed by atoms with E-state index in [4.69, 9.17) is 0 Å². The van der Waals surface area contributed by atoms with Crippen LogP contribution in [0.1, 0.15) is 5.56 Å². The van der Waals surface area contributed by atoms with E-state index in [-0.39, 0.29) is 17.7 Å². The maximum atomic E-state index is 14.4. The molecule has 1 aromatic heterocycles. The molecule has 3 aromatic rings. The Morgan fingerprint density at radius 3 is 2.48 bits per heavy atom. The molecule has 0 amide bonds. The Hall–Kier alpha value is -2.69. The van der Waals surface area contributed by atoms with E-state index in [0.29, 0.717) is 0 Å². The largest absolute Gasteiger partial charge is 0.275 e. The number of hydrogen-bond donors (Lipinski definition) is 1. The monoisotopic (exact) mass is 286 g/mol. The first-order chi connectivity index (χ1) is 10.1. The third-order valence-corrected chi connectivity index (χ3v) is 3.20. The van der Waals surface area contributed by atoms with Crippen LogP contribution in [0.5, 0.6) is 0 Å². The standard InChI is InChI=1S/C16H12F2N2O/c17-13-8-4-7-12(9-13)14-15(18)20(19-16(14)21)10-11-5-2-1-3-6-11/h1-9H,10H2,(H,19,21). The smallest absolute Gasteiger partial charge is 0.267 e. The van der Waals surface area contributed by atoms with Crippen LogP contribution >= 0.6 is 0 Å². The molecule has 0 aliphatic carbocycles. The lowest BCUT2D eigenvalue weighted by molar-refractivity contribution is 0.481. The van der Waals surface area contributed by atoms with Crippen LogP contribution < -0.4 is 5.56 Å². The Morgan fingerprint density at radius 2 is 1.76 bits per heavy atom. The summed E-state index contributed by atoms with van der Waals surface area (Å²) in [5.74, 6) is -1.21. The molecule has 1 N–H and O–H groups in total. The molecule has 0 atom stereocenters. The predicted octanol–water partition coefficient (Wildman–Crippen LogP) is 3.17. The predicted molar refractivity (Wildman–Crippen MR) is 75.9 cm³/mol. The molecule has 0 saturated heterocycles. The van der Waals surface area contributed by atoms with Crippen molar-refractivity contribution in [3.05, 3.63) is 82.3 Å². The summed E-state index contributed by atoms with van der Waals surface area (Å²) < 4.78 is 28.8. The van der Waals surface area contributed by atoms with Crippen LogP contribution in [-0.2, 0) is 6.54 Å². The van der Waals surface area contributed by atoms with Gasteiger partial charge in [0.15, 0.2) is 0 Å². The Balaban J connectivity index is 2.03. The van der Waals surface area contributed by atoms with Gasteiger partial charge in [-0.1, -0.05) is 42.5 Å². The minimum absolute atomic E-state index is 0.148. The lowest BCUT2D eigenvalue weighted by Crippen LogP contribution is -2.08. The van der Waals surface area contributed by atoms with Crippen LogP contribution in [-0.4, -0.2) is 9.78 Å². The molecule has 106 valence electrons. The lowest BCUT2D eigenvalue weighted by atomic mass is 10.1. The highest BCUT2D eigenvalue weighted by atomic mass is 19.1. The van der Waals surface area contributed by atoms with Crippen LogP contribution in [0.15, 0.2) is 59.4 Å². The highest BCUT2D eigenvalue weighted by Gasteiger charge is 2.17. The molecule has 0 saturated carbocycles. The lowest BCUT2D eigenvalue weighted by Gasteiger charge is -2.04. The summed E-state index contributed by atoms with van der Waals surface area (Å²) in [4.78, 5) is 11.9. The van der Waals surface area contributed by atoms with E-state index >= 15 is 0 Å². The molecule has 2 aromatic carbocycles. The van der Waals surface area contributed by atoms with Crippen LogP contribution in [0, 0.1) is 11.8 Å². The van der Waals surface area contributed by atoms with Crippen molar-refractivity contribution in [3.63, 3.8) is 0 Å². The summed E-state index contributed by atoms with van der Waals surface area (Å²) >= 11 is 0. The number of nitrogens with zero attached hydrogens (tertiary/aromatic N) is 1. The summed E-state index contributed by atoms with van der Waals surface area (Å²) in [6, 6.07) is 14.5. The number of halogens is 2. The molecule has 0 aliphatic heterocycles. The van der Waals surface area contributed by atoms with Crippen molar-refractivity contribution >= 4 is 0 Å². The van der Waals surface area contributed by atoms with E-state index in [2.05, 4.69) is 5.10 Å². The van der Waals surface area contributed by atoms with E-state index in [1.165, 1.54) is 18.2 Å². The first kappa shape index (κ1) is 13.3. The highest BCUT2D eigenvalue weighted by Crippen LogP contribution is 2.20. The van der Waals surface area contributed by atoms with Crippen LogP contribution in [0.25, 0.3) is 11.1 Å². The van der Waals surface area contributed by atoms with E-state index in [0.717, 1.165) is 16.3 Å². The molecule has 0 bridgehead atoms. The topological polar surface area (TPSA) is 37.8 Å². The quantitative estimate of drug-likeness (QED) is 0.789. The van der Waals surface area contributed by atoms with Gasteiger partial charge >= 0.3 is 0 Å². The zero-order chi connectivity index (χ0) is 14.8. The van der Waals surface area contributed by atoms with E-state index in [9.17, 15) is 13.6 Å². The van der Waals surface area contributed by atoms with Gasteiger partial charge in [-0.05, 0) is 23.3 Å². The molecule has 5 heteroatoms. The Labute approximate surface area is 119 Å². The van der Waals surface area contributed by atoms with E-state index in [1.54, 1.807) is 0 Å². The second kappa shape index (κ2) is 5.36. The number of rotatable bonds is 3. The number of H-pyrrole nitrogens is 1. The number of benzene rings is 2. The Bertz CT molecular complexity index is 822. The van der Waals surface area contributed by atoms with Gasteiger partial charge in [0.2, 0.25) is 5.95 Å². The molecule has 0 fully saturated rings. The van der Waals surface area contributed by atoms with Crippen molar-refractivity contribution in [2.45, 2.75) is 6.54 Å². The van der Waals surface area contributed by atoms with Gasteiger partial charge in [0, 0.05) is 0 Å². The van der Waals surface area contributed by atoms with Crippen LogP contribution in [0.4, 0.5) is 8.78 Å². The molecule has 0 spiro atoms. The van der Waals surface area contributed by atoms with Gasteiger partial charge in [0.25, 0.3) is 5.56 Å². The number of hydrogen-bond acceptors (Lipinski definition) is 1. The molecule has 0 aliphatic rings. The first-order valence-corrected chi connectivity index (χ1v) is 6.43. The molecule has 0 unspecified atom stereocenters. The van der Waals surface area contributed by atoms with Crippen molar-refractivity contribution in [2.75, 3.05) is 0 Å². The average molecular weight is 286 g/mol. The van der Waals surface area contributed by atoms with Gasteiger partial charge in [-0.15, -0.1) is 0 Å². The van der Waals surface area contributed by atoms with E-state index < -0.39 is 17.3 Å². The van der Waals surface area contributed by atoms with Crippen LogP contribution in [0.2, 0.25) is 0 Å². The Morgan fingerprint density at radius 1 is 1.00 bits per heavy atom. The van der Waals surface area contributed by atoms with Gasteiger partial charge in [0.05, 0.1) is 6.54 Å². The summed E-state index contributed by atoms with van der Waals surface area (Å²) in [6.45, 7) is 0.206. The maximum absolute atomic E-state index is 14.4. The zero-order valence-corrected chi connectivity index (χ0v) is 11.0. The fourth-order valence-corrected chi connectivity index (χ4v) is 2.23. The second-order valence-electron chi connectivity index (χ2n) is 4.69. The van der Waals surface area contributed by atoms with Gasteiger partial charge in [-0.2, -0.15) is 4.39 Å². The van der Waals surface area contributed by atoms with E-state index in [1.807, 2.05) is 30.3 Å². The third kappa shape index (κ3) is 2.63. The summed E-state index contributed by atoms with van der Waals surface area (Å²) in [5, 5.41) is 2.44. The second-order valence-corrected chi connectivity index (χ2v) is 4.69. The summed E-state index contributed by atoms with van der Waals surface area (Å²) in [6.07, 6.45) is 0. The van der Waals surface area contributed by atoms with Crippen molar-refractivity contribution in [1.82, 2.24) is 9.78 Å². The molecule has 1 heterocycles. The number of aromatic amines is 1. The fourth-order valence-electron chi connectivity index (χ4n) is 2.23. The fraction of sp³-hybridized carbons (Fsp3) is 0.0625. The third-order valence-electron chi connectivity index (χ3n) is 3.20. The maximum Gasteiger partial charge on any atom is 0.275 e. The average Bonchev–Trinajstić information content (AvgIpc) is 2.74. The normalized spacial score (nSPS) is 10.8. The van der Waals surface area contributed by atoms with Crippen molar-refractivity contribution < 1.29 is 8.78 Å². The Kier molecular flexibility index (Phi) is 3.39. The SMILES string of the molecule is O=c1[nH]n(Cc2ccccc2)c(F)c1-c1cccc(F)c1. The molecular formula is C16H12F2N2O. The molecular weight excluding hydrogens is 274 g/mol. The molecule has 3 rings (SSSR count). The highest BCUT2D eigenvalue weighted by molar-refractivity contribution is 5.62. The summed E-state index contributed by atoms with van der Waals surface area (Å²) in [7, 11) is 0. The minimum atomic E-state index is -0.700. The minimum Gasteiger partial charge on any atom is -0.267 e. The first-order valence-electron chi connectivity index (χ1n) is 6.43.